The highest BCUT2D eigenvalue weighted by Gasteiger charge is 2.48. The van der Waals surface area contributed by atoms with Crippen molar-refractivity contribution in [3.63, 3.8) is 0 Å². The van der Waals surface area contributed by atoms with E-state index in [1.807, 2.05) is 6.92 Å². The average molecular weight is 474 g/mol. The van der Waals surface area contributed by atoms with Gasteiger partial charge >= 0.3 is 11.9 Å². The van der Waals surface area contributed by atoms with E-state index in [9.17, 15) is 23.5 Å². The molecule has 2 aliphatic rings. The number of aromatic nitrogens is 1. The number of carboxylic acid groups (broad SMARTS) is 1. The molecule has 1 unspecified atom stereocenters. The number of hydrogen-bond acceptors (Lipinski definition) is 7. The Balaban J connectivity index is 1.72. The summed E-state index contributed by atoms with van der Waals surface area (Å²) in [6.45, 7) is 3.11. The molecule has 2 N–H and O–H groups in total. The first-order valence-electron chi connectivity index (χ1n) is 10.9. The van der Waals surface area contributed by atoms with Gasteiger partial charge in [-0.3, -0.25) is 4.79 Å². The minimum atomic E-state index is -3.22. The fourth-order valence-corrected chi connectivity index (χ4v) is 5.36. The normalized spacial score (nSPS) is 29.1. The van der Waals surface area contributed by atoms with Gasteiger partial charge in [0.05, 0.1) is 6.10 Å². The minimum absolute atomic E-state index is 0.0290. The second-order valence-electron chi connectivity index (χ2n) is 8.44. The number of carbonyl (C=O) groups is 2. The molecule has 0 spiro atoms. The van der Waals surface area contributed by atoms with Gasteiger partial charge in [-0.25, -0.2) is 18.6 Å². The Morgan fingerprint density at radius 1 is 1.44 bits per heavy atom. The fourth-order valence-electron chi connectivity index (χ4n) is 4.50. The van der Waals surface area contributed by atoms with Gasteiger partial charge in [0.15, 0.2) is 5.69 Å². The van der Waals surface area contributed by atoms with Crippen LogP contribution in [-0.4, -0.2) is 51.4 Å². The molecule has 0 amide bonds. The number of aliphatic hydroxyl groups is 1. The number of esters is 1. The van der Waals surface area contributed by atoms with Crippen LogP contribution in [0.2, 0.25) is 0 Å². The molecule has 3 rings (SSSR count). The molecule has 2 heterocycles. The predicted octanol–water partition coefficient (Wildman–Crippen LogP) is 4.37. The van der Waals surface area contributed by atoms with Crippen molar-refractivity contribution in [2.45, 2.75) is 82.7 Å². The first kappa shape index (κ1) is 24.7. The minimum Gasteiger partial charge on any atom is -0.476 e. The fraction of sp³-hybridized carbons (Fsp3) is 0.682. The van der Waals surface area contributed by atoms with Gasteiger partial charge in [0.2, 0.25) is 0 Å². The number of aromatic carboxylic acids is 1. The van der Waals surface area contributed by atoms with Gasteiger partial charge in [0.1, 0.15) is 23.3 Å². The summed E-state index contributed by atoms with van der Waals surface area (Å²) >= 11 is 1.22. The predicted molar refractivity (Wildman–Crippen MR) is 113 cm³/mol. The topological polar surface area (TPSA) is 106 Å². The van der Waals surface area contributed by atoms with Crippen LogP contribution in [0.5, 0.6) is 0 Å². The maximum Gasteiger partial charge on any atom is 0.355 e. The number of hydrogen-bond donors (Lipinski definition) is 2. The number of fused-ring (bicyclic) bond motifs is 1. The summed E-state index contributed by atoms with van der Waals surface area (Å²) in [5.41, 5.74) is -0.0290. The van der Waals surface area contributed by atoms with Crippen LogP contribution in [0.1, 0.15) is 74.0 Å². The van der Waals surface area contributed by atoms with Crippen LogP contribution < -0.4 is 0 Å². The maximum absolute atomic E-state index is 14.2. The van der Waals surface area contributed by atoms with Crippen LogP contribution in [0.15, 0.2) is 17.5 Å². The number of carboxylic acids is 1. The number of aliphatic hydroxyl groups excluding tert-OH is 1. The number of ether oxygens (including phenoxy) is 2. The molecule has 178 valence electrons. The van der Waals surface area contributed by atoms with Crippen molar-refractivity contribution < 1.29 is 38.1 Å². The van der Waals surface area contributed by atoms with Crippen LogP contribution in [0.3, 0.4) is 0 Å². The van der Waals surface area contributed by atoms with Gasteiger partial charge < -0.3 is 19.7 Å². The second kappa shape index (κ2) is 10.4. The summed E-state index contributed by atoms with van der Waals surface area (Å²) < 4.78 is 39.9. The third-order valence-electron chi connectivity index (χ3n) is 6.11. The average Bonchev–Trinajstić information content (AvgIpc) is 3.34. The highest BCUT2D eigenvalue weighted by Crippen LogP contribution is 2.47. The molecule has 1 saturated carbocycles. The van der Waals surface area contributed by atoms with Crippen LogP contribution in [-0.2, 0) is 14.3 Å². The van der Waals surface area contributed by atoms with Gasteiger partial charge in [0.25, 0.3) is 5.92 Å². The zero-order valence-corrected chi connectivity index (χ0v) is 18.9. The number of alkyl halides is 2. The Morgan fingerprint density at radius 3 is 2.81 bits per heavy atom. The van der Waals surface area contributed by atoms with Crippen molar-refractivity contribution in [3.05, 3.63) is 28.2 Å². The lowest BCUT2D eigenvalue weighted by Crippen LogP contribution is -2.33. The molecule has 1 aromatic heterocycles. The number of halogens is 2. The monoisotopic (exact) mass is 473 g/mol. The molecular weight excluding hydrogens is 444 g/mol. The summed E-state index contributed by atoms with van der Waals surface area (Å²) in [6.07, 6.45) is 1.74. The third-order valence-corrected chi connectivity index (χ3v) is 7.05. The van der Waals surface area contributed by atoms with E-state index in [4.69, 9.17) is 14.6 Å². The summed E-state index contributed by atoms with van der Waals surface area (Å²) in [4.78, 5) is 26.8. The molecule has 0 aromatic carbocycles. The molecule has 7 nitrogen and oxygen atoms in total. The molecule has 0 radical (unpaired) electrons. The summed E-state index contributed by atoms with van der Waals surface area (Å²) in [5, 5.41) is 21.2. The van der Waals surface area contributed by atoms with Gasteiger partial charge in [-0.15, -0.1) is 11.3 Å². The van der Waals surface area contributed by atoms with E-state index < -0.39 is 36.5 Å². The van der Waals surface area contributed by atoms with Crippen LogP contribution in [0.25, 0.3) is 0 Å². The number of nitrogens with zero attached hydrogens (tertiary/aromatic N) is 1. The molecule has 32 heavy (non-hydrogen) atoms. The smallest absolute Gasteiger partial charge is 0.355 e. The van der Waals surface area contributed by atoms with Crippen molar-refractivity contribution in [1.82, 2.24) is 4.98 Å². The van der Waals surface area contributed by atoms with E-state index in [1.54, 1.807) is 6.08 Å². The third kappa shape index (κ3) is 5.71. The van der Waals surface area contributed by atoms with Crippen molar-refractivity contribution in [2.75, 3.05) is 0 Å². The standard InChI is InChI=1S/C22H29F2NO6S/c1-3-4-9-22(23,24)19(27)8-6-14-13-5-7-16(20-25-15(11-32-20)21(28)29)31-18(13)10-17(14)30-12(2)26/h6,8,11,13-14,16-19,27H,3-5,7,9-10H2,1-2H3,(H,28,29)/b8-6+/t13-,14-,16-,17-,18+,19?/m1/s1. The largest absolute Gasteiger partial charge is 0.476 e. The van der Waals surface area contributed by atoms with E-state index in [-0.39, 0.29) is 29.7 Å². The van der Waals surface area contributed by atoms with Gasteiger partial charge in [-0.1, -0.05) is 25.5 Å². The zero-order valence-electron chi connectivity index (χ0n) is 18.1. The lowest BCUT2D eigenvalue weighted by molar-refractivity contribution is -0.147. The summed E-state index contributed by atoms with van der Waals surface area (Å²) in [6, 6.07) is 0. The molecule has 1 aromatic rings. The van der Waals surface area contributed by atoms with Crippen molar-refractivity contribution in [2.24, 2.45) is 11.8 Å². The SMILES string of the molecule is CCCCC(F)(F)C(O)/C=C/[C@@H]1[C@H]2CC[C@H](c3nc(C(=O)O)cs3)O[C@H]2C[C@H]1OC(C)=O. The van der Waals surface area contributed by atoms with Crippen molar-refractivity contribution in [1.29, 1.82) is 0 Å². The maximum atomic E-state index is 14.2. The quantitative estimate of drug-likeness (QED) is 0.405. The Labute approximate surface area is 189 Å². The number of rotatable bonds is 9. The first-order chi connectivity index (χ1) is 15.1. The molecule has 10 heteroatoms. The summed E-state index contributed by atoms with van der Waals surface area (Å²) in [5.74, 6) is -5.21. The van der Waals surface area contributed by atoms with Gasteiger partial charge in [-0.05, 0) is 25.2 Å². The van der Waals surface area contributed by atoms with E-state index in [2.05, 4.69) is 4.98 Å². The lowest BCUT2D eigenvalue weighted by atomic mass is 9.85. The van der Waals surface area contributed by atoms with Gasteiger partial charge in [0, 0.05) is 31.1 Å². The van der Waals surface area contributed by atoms with E-state index >= 15 is 0 Å². The molecule has 1 saturated heterocycles. The zero-order chi connectivity index (χ0) is 23.5. The number of unbranched alkanes of at least 4 members (excludes halogenated alkanes) is 1. The summed E-state index contributed by atoms with van der Waals surface area (Å²) in [7, 11) is 0. The molecule has 2 fully saturated rings. The Bertz CT molecular complexity index is 844. The number of thiazole rings is 1. The number of carbonyl (C=O) groups excluding carboxylic acids is 1. The van der Waals surface area contributed by atoms with Crippen LogP contribution >= 0.6 is 11.3 Å². The van der Waals surface area contributed by atoms with E-state index in [0.29, 0.717) is 37.1 Å². The highest BCUT2D eigenvalue weighted by atomic mass is 32.1. The van der Waals surface area contributed by atoms with Gasteiger partial charge in [-0.2, -0.15) is 0 Å². The highest BCUT2D eigenvalue weighted by molar-refractivity contribution is 7.09. The lowest BCUT2D eigenvalue weighted by Gasteiger charge is -2.33. The molecule has 1 aliphatic carbocycles. The second-order valence-corrected chi connectivity index (χ2v) is 9.33. The molecule has 6 atom stereocenters. The van der Waals surface area contributed by atoms with Crippen LogP contribution in [0.4, 0.5) is 8.78 Å². The van der Waals surface area contributed by atoms with E-state index in [0.717, 1.165) is 6.08 Å². The Hall–Kier alpha value is -1.91. The van der Waals surface area contributed by atoms with Crippen LogP contribution in [0, 0.1) is 11.8 Å². The van der Waals surface area contributed by atoms with Crippen molar-refractivity contribution in [3.8, 4) is 0 Å². The first-order valence-corrected chi connectivity index (χ1v) is 11.8. The molecular formula is C22H29F2NO6S. The molecule has 0 bridgehead atoms. The Kier molecular flexibility index (Phi) is 8.00. The van der Waals surface area contributed by atoms with E-state index in [1.165, 1.54) is 23.6 Å². The Morgan fingerprint density at radius 2 is 2.19 bits per heavy atom. The van der Waals surface area contributed by atoms with Crippen molar-refractivity contribution >= 4 is 23.3 Å². The molecule has 1 aliphatic heterocycles.